The van der Waals surface area contributed by atoms with E-state index < -0.39 is 0 Å². The Kier molecular flexibility index (Phi) is 4.04. The molecule has 100 valence electrons. The van der Waals surface area contributed by atoms with Crippen molar-refractivity contribution in [2.75, 3.05) is 13.1 Å². The molecule has 2 rings (SSSR count). The van der Waals surface area contributed by atoms with Gasteiger partial charge in [-0.15, -0.1) is 0 Å². The molecule has 1 fully saturated rings. The van der Waals surface area contributed by atoms with E-state index in [1.807, 2.05) is 13.8 Å². The van der Waals surface area contributed by atoms with Crippen LogP contribution in [0.1, 0.15) is 39.5 Å². The number of nitrogens with one attached hydrogen (secondary N) is 1. The molecule has 0 saturated carbocycles. The Morgan fingerprint density at radius 1 is 1.44 bits per heavy atom. The van der Waals surface area contributed by atoms with Crippen molar-refractivity contribution in [3.63, 3.8) is 0 Å². The first-order chi connectivity index (χ1) is 8.59. The Balaban J connectivity index is 2.01. The fraction of sp³-hybridized carbons (Fsp3) is 0.714. The zero-order chi connectivity index (χ0) is 13.1. The number of hydrogen-bond donors (Lipinski definition) is 1. The summed E-state index contributed by atoms with van der Waals surface area (Å²) in [5.41, 5.74) is 1.44. The highest BCUT2D eigenvalue weighted by atomic mass is 16.2. The number of rotatable bonds is 4. The van der Waals surface area contributed by atoms with Crippen LogP contribution in [0.3, 0.4) is 0 Å². The molecule has 0 bridgehead atoms. The van der Waals surface area contributed by atoms with Gasteiger partial charge in [0.15, 0.2) is 0 Å². The summed E-state index contributed by atoms with van der Waals surface area (Å²) in [4.78, 5) is 25.6. The van der Waals surface area contributed by atoms with Crippen molar-refractivity contribution >= 4 is 11.8 Å². The van der Waals surface area contributed by atoms with Crippen molar-refractivity contribution in [2.45, 2.75) is 45.6 Å². The van der Waals surface area contributed by atoms with Gasteiger partial charge in [-0.3, -0.25) is 9.59 Å². The van der Waals surface area contributed by atoms with Crippen LogP contribution in [0.5, 0.6) is 0 Å². The lowest BCUT2D eigenvalue weighted by Gasteiger charge is -2.37. The van der Waals surface area contributed by atoms with Crippen LogP contribution in [0.15, 0.2) is 11.6 Å². The molecule has 1 heterocycles. The van der Waals surface area contributed by atoms with Crippen LogP contribution in [-0.4, -0.2) is 35.8 Å². The molecule has 1 unspecified atom stereocenters. The summed E-state index contributed by atoms with van der Waals surface area (Å²) in [6.45, 7) is 4.82. The first kappa shape index (κ1) is 13.1. The molecule has 1 atom stereocenters. The lowest BCUT2D eigenvalue weighted by molar-refractivity contribution is -0.147. The van der Waals surface area contributed by atoms with E-state index in [2.05, 4.69) is 11.4 Å². The predicted molar refractivity (Wildman–Crippen MR) is 69.9 cm³/mol. The number of carbonyl (C=O) groups excluding carboxylic acids is 2. The smallest absolute Gasteiger partial charge is 0.243 e. The van der Waals surface area contributed by atoms with Gasteiger partial charge in [-0.2, -0.15) is 0 Å². The number of amides is 2. The highest BCUT2D eigenvalue weighted by molar-refractivity contribution is 5.94. The maximum atomic E-state index is 12.0. The standard InChI is InChI=1S/C14H22N2O2/c1-10(2)13-14(18)15-9-12(17)16(13)8-7-11-5-3-4-6-11/h5,10,13H,3-4,6-9H2,1-2H3,(H,15,18). The van der Waals surface area contributed by atoms with Crippen LogP contribution in [0, 0.1) is 5.92 Å². The topological polar surface area (TPSA) is 49.4 Å². The second kappa shape index (κ2) is 5.55. The Morgan fingerprint density at radius 2 is 2.22 bits per heavy atom. The van der Waals surface area contributed by atoms with Gasteiger partial charge in [0.1, 0.15) is 6.04 Å². The number of allylic oxidation sites excluding steroid dienone is 1. The maximum absolute atomic E-state index is 12.0. The van der Waals surface area contributed by atoms with Gasteiger partial charge in [-0.25, -0.2) is 0 Å². The minimum atomic E-state index is -0.298. The van der Waals surface area contributed by atoms with E-state index in [0.29, 0.717) is 6.54 Å². The highest BCUT2D eigenvalue weighted by Crippen LogP contribution is 2.22. The number of hydrogen-bond acceptors (Lipinski definition) is 2. The van der Waals surface area contributed by atoms with Crippen LogP contribution >= 0.6 is 0 Å². The van der Waals surface area contributed by atoms with Gasteiger partial charge in [0, 0.05) is 6.54 Å². The van der Waals surface area contributed by atoms with E-state index in [1.165, 1.54) is 12.0 Å². The molecule has 2 amide bonds. The van der Waals surface area contributed by atoms with Gasteiger partial charge in [0.2, 0.25) is 11.8 Å². The number of carbonyl (C=O) groups is 2. The quantitative estimate of drug-likeness (QED) is 0.768. The van der Waals surface area contributed by atoms with Gasteiger partial charge in [0.05, 0.1) is 6.54 Å². The molecule has 2 aliphatic rings. The minimum Gasteiger partial charge on any atom is -0.345 e. The predicted octanol–water partition coefficient (Wildman–Crippen LogP) is 1.47. The summed E-state index contributed by atoms with van der Waals surface area (Å²) < 4.78 is 0. The number of nitrogens with zero attached hydrogens (tertiary/aromatic N) is 1. The summed E-state index contributed by atoms with van der Waals surface area (Å²) >= 11 is 0. The molecule has 0 spiro atoms. The van der Waals surface area contributed by atoms with Crippen molar-refractivity contribution in [3.8, 4) is 0 Å². The van der Waals surface area contributed by atoms with Gasteiger partial charge in [-0.1, -0.05) is 25.5 Å². The normalized spacial score (nSPS) is 24.5. The molecule has 18 heavy (non-hydrogen) atoms. The summed E-state index contributed by atoms with van der Waals surface area (Å²) in [6.07, 6.45) is 6.75. The second-order valence-electron chi connectivity index (χ2n) is 5.50. The van der Waals surface area contributed by atoms with Crippen molar-refractivity contribution in [1.29, 1.82) is 0 Å². The highest BCUT2D eigenvalue weighted by Gasteiger charge is 2.36. The van der Waals surface area contributed by atoms with Crippen LogP contribution in [0.2, 0.25) is 0 Å². The molecular weight excluding hydrogens is 228 g/mol. The van der Waals surface area contributed by atoms with Crippen molar-refractivity contribution in [1.82, 2.24) is 10.2 Å². The average molecular weight is 250 g/mol. The summed E-state index contributed by atoms with van der Waals surface area (Å²) in [7, 11) is 0. The first-order valence-corrected chi connectivity index (χ1v) is 6.84. The zero-order valence-corrected chi connectivity index (χ0v) is 11.2. The lowest BCUT2D eigenvalue weighted by atomic mass is 9.98. The molecule has 0 aromatic carbocycles. The number of piperazine rings is 1. The van der Waals surface area contributed by atoms with Gasteiger partial charge >= 0.3 is 0 Å². The fourth-order valence-electron chi connectivity index (χ4n) is 2.82. The molecule has 1 N–H and O–H groups in total. The van der Waals surface area contributed by atoms with Crippen LogP contribution in [-0.2, 0) is 9.59 Å². The molecule has 4 nitrogen and oxygen atoms in total. The van der Waals surface area contributed by atoms with Crippen molar-refractivity contribution in [3.05, 3.63) is 11.6 Å². The van der Waals surface area contributed by atoms with E-state index in [1.54, 1.807) is 4.90 Å². The summed E-state index contributed by atoms with van der Waals surface area (Å²) in [5, 5.41) is 2.68. The van der Waals surface area contributed by atoms with Crippen molar-refractivity contribution in [2.24, 2.45) is 5.92 Å². The molecule has 0 radical (unpaired) electrons. The van der Waals surface area contributed by atoms with E-state index in [0.717, 1.165) is 19.3 Å². The average Bonchev–Trinajstić information content (AvgIpc) is 2.82. The maximum Gasteiger partial charge on any atom is 0.243 e. The Hall–Kier alpha value is -1.32. The SMILES string of the molecule is CC(C)C1C(=O)NCC(=O)N1CCC1=CCCC1. The lowest BCUT2D eigenvalue weighted by Crippen LogP contribution is -2.60. The molecule has 1 aliphatic heterocycles. The fourth-order valence-corrected chi connectivity index (χ4v) is 2.82. The van der Waals surface area contributed by atoms with E-state index in [9.17, 15) is 9.59 Å². The summed E-state index contributed by atoms with van der Waals surface area (Å²) in [6, 6.07) is -0.298. The Morgan fingerprint density at radius 3 is 2.83 bits per heavy atom. The van der Waals surface area contributed by atoms with E-state index in [-0.39, 0.29) is 30.3 Å². The van der Waals surface area contributed by atoms with Crippen LogP contribution in [0.25, 0.3) is 0 Å². The molecule has 0 aromatic rings. The second-order valence-corrected chi connectivity index (χ2v) is 5.50. The van der Waals surface area contributed by atoms with Gasteiger partial charge < -0.3 is 10.2 Å². The molecule has 1 aliphatic carbocycles. The third-order valence-corrected chi connectivity index (χ3v) is 3.78. The van der Waals surface area contributed by atoms with Crippen LogP contribution in [0.4, 0.5) is 0 Å². The Bertz CT molecular complexity index is 374. The van der Waals surface area contributed by atoms with Crippen molar-refractivity contribution < 1.29 is 9.59 Å². The molecule has 4 heteroatoms. The van der Waals surface area contributed by atoms with Gasteiger partial charge in [0.25, 0.3) is 0 Å². The third-order valence-electron chi connectivity index (χ3n) is 3.78. The van der Waals surface area contributed by atoms with E-state index >= 15 is 0 Å². The molecule has 0 aromatic heterocycles. The minimum absolute atomic E-state index is 0.00926. The van der Waals surface area contributed by atoms with Gasteiger partial charge in [-0.05, 0) is 31.6 Å². The monoisotopic (exact) mass is 250 g/mol. The van der Waals surface area contributed by atoms with E-state index in [4.69, 9.17) is 0 Å². The first-order valence-electron chi connectivity index (χ1n) is 6.84. The third kappa shape index (κ3) is 2.74. The zero-order valence-electron chi connectivity index (χ0n) is 11.2. The Labute approximate surface area is 108 Å². The summed E-state index contributed by atoms with van der Waals surface area (Å²) in [5.74, 6) is 0.198. The molecule has 1 saturated heterocycles. The largest absolute Gasteiger partial charge is 0.345 e. The molecular formula is C14H22N2O2. The van der Waals surface area contributed by atoms with Crippen LogP contribution < -0.4 is 5.32 Å².